The summed E-state index contributed by atoms with van der Waals surface area (Å²) in [4.78, 5) is 2.62. The zero-order chi connectivity index (χ0) is 13.2. The van der Waals surface area contributed by atoms with E-state index in [-0.39, 0.29) is 6.04 Å². The molecular weight excluding hydrogens is 250 g/mol. The molecule has 0 fully saturated rings. The van der Waals surface area contributed by atoms with E-state index in [4.69, 9.17) is 5.73 Å². The molecule has 0 spiro atoms. The fourth-order valence-corrected chi connectivity index (χ4v) is 3.47. The number of hydrogen-bond donors (Lipinski definition) is 1. The van der Waals surface area contributed by atoms with Crippen molar-refractivity contribution in [1.82, 2.24) is 0 Å². The summed E-state index contributed by atoms with van der Waals surface area (Å²) in [6, 6.07) is 15.6. The number of fused-ring (bicyclic) bond motifs is 1. The van der Waals surface area contributed by atoms with Gasteiger partial charge in [0.25, 0.3) is 0 Å². The van der Waals surface area contributed by atoms with E-state index in [9.17, 15) is 0 Å². The standard InChI is InChI=1S/C17H19NS/c1-12(18)13-5-8-16(9-6-13)19-17-10-7-14-3-2-4-15(14)11-17/h5-12H,2-4,18H2,1H3/t12-/m0/s1. The van der Waals surface area contributed by atoms with E-state index < -0.39 is 0 Å². The van der Waals surface area contributed by atoms with Gasteiger partial charge in [-0.1, -0.05) is 30.0 Å². The van der Waals surface area contributed by atoms with Crippen LogP contribution in [0.1, 0.15) is 36.1 Å². The van der Waals surface area contributed by atoms with Gasteiger partial charge in [0, 0.05) is 15.8 Å². The summed E-state index contributed by atoms with van der Waals surface area (Å²) >= 11 is 1.83. The Morgan fingerprint density at radius 1 is 0.947 bits per heavy atom. The molecule has 0 saturated heterocycles. The van der Waals surface area contributed by atoms with Crippen molar-refractivity contribution in [1.29, 1.82) is 0 Å². The van der Waals surface area contributed by atoms with Crippen molar-refractivity contribution in [3.05, 3.63) is 59.2 Å². The van der Waals surface area contributed by atoms with E-state index in [1.165, 1.54) is 45.7 Å². The van der Waals surface area contributed by atoms with Crippen molar-refractivity contribution < 1.29 is 0 Å². The molecule has 2 aromatic rings. The lowest BCUT2D eigenvalue weighted by atomic mass is 10.1. The summed E-state index contributed by atoms with van der Waals surface area (Å²) in [5, 5.41) is 0. The molecule has 0 aromatic heterocycles. The molecule has 0 heterocycles. The van der Waals surface area contributed by atoms with Crippen LogP contribution in [0.5, 0.6) is 0 Å². The van der Waals surface area contributed by atoms with E-state index in [0.717, 1.165) is 0 Å². The quantitative estimate of drug-likeness (QED) is 0.896. The summed E-state index contributed by atoms with van der Waals surface area (Å²) in [5.74, 6) is 0. The first-order valence-corrected chi connectivity index (χ1v) is 7.69. The highest BCUT2D eigenvalue weighted by molar-refractivity contribution is 7.99. The highest BCUT2D eigenvalue weighted by Gasteiger charge is 2.11. The molecule has 0 radical (unpaired) electrons. The summed E-state index contributed by atoms with van der Waals surface area (Å²) in [6.45, 7) is 2.02. The van der Waals surface area contributed by atoms with Gasteiger partial charge in [-0.25, -0.2) is 0 Å². The first-order chi connectivity index (χ1) is 9.22. The molecule has 1 aliphatic rings. The number of benzene rings is 2. The first kappa shape index (κ1) is 12.8. The lowest BCUT2D eigenvalue weighted by Crippen LogP contribution is -2.04. The van der Waals surface area contributed by atoms with E-state index in [2.05, 4.69) is 42.5 Å². The Hall–Kier alpha value is -1.25. The zero-order valence-corrected chi connectivity index (χ0v) is 12.0. The molecule has 1 aliphatic carbocycles. The van der Waals surface area contributed by atoms with Crippen LogP contribution in [0.15, 0.2) is 52.3 Å². The maximum absolute atomic E-state index is 5.87. The number of rotatable bonds is 3. The maximum atomic E-state index is 5.87. The van der Waals surface area contributed by atoms with Crippen LogP contribution in [0.4, 0.5) is 0 Å². The normalized spacial score (nSPS) is 15.3. The highest BCUT2D eigenvalue weighted by atomic mass is 32.2. The number of hydrogen-bond acceptors (Lipinski definition) is 2. The smallest absolute Gasteiger partial charge is 0.0266 e. The third-order valence-electron chi connectivity index (χ3n) is 3.71. The van der Waals surface area contributed by atoms with Gasteiger partial charge in [-0.05, 0) is 67.1 Å². The minimum atomic E-state index is 0.110. The van der Waals surface area contributed by atoms with E-state index >= 15 is 0 Å². The van der Waals surface area contributed by atoms with Crippen molar-refractivity contribution in [2.45, 2.75) is 42.0 Å². The minimum Gasteiger partial charge on any atom is -0.324 e. The van der Waals surface area contributed by atoms with Crippen LogP contribution < -0.4 is 5.73 Å². The lowest BCUT2D eigenvalue weighted by Gasteiger charge is -2.08. The molecule has 0 aliphatic heterocycles. The van der Waals surface area contributed by atoms with Gasteiger partial charge < -0.3 is 5.73 Å². The molecule has 3 rings (SSSR count). The SMILES string of the molecule is C[C@H](N)c1ccc(Sc2ccc3c(c2)CCC3)cc1. The molecule has 0 saturated carbocycles. The third kappa shape index (κ3) is 2.85. The molecule has 0 amide bonds. The van der Waals surface area contributed by atoms with Crippen LogP contribution in [-0.2, 0) is 12.8 Å². The molecule has 2 aromatic carbocycles. The Labute approximate surface area is 119 Å². The average molecular weight is 269 g/mol. The van der Waals surface area contributed by atoms with Crippen LogP contribution in [0, 0.1) is 0 Å². The van der Waals surface area contributed by atoms with Gasteiger partial charge in [0.1, 0.15) is 0 Å². The Bertz CT molecular complexity index is 572. The van der Waals surface area contributed by atoms with Crippen molar-refractivity contribution >= 4 is 11.8 Å². The van der Waals surface area contributed by atoms with Crippen LogP contribution >= 0.6 is 11.8 Å². The van der Waals surface area contributed by atoms with E-state index in [1.807, 2.05) is 18.7 Å². The second kappa shape index (κ2) is 5.40. The van der Waals surface area contributed by atoms with Gasteiger partial charge in [0.05, 0.1) is 0 Å². The number of nitrogens with two attached hydrogens (primary N) is 1. The van der Waals surface area contributed by atoms with Gasteiger partial charge in [-0.2, -0.15) is 0 Å². The molecule has 1 nitrogen and oxygen atoms in total. The van der Waals surface area contributed by atoms with Gasteiger partial charge in [0.2, 0.25) is 0 Å². The highest BCUT2D eigenvalue weighted by Crippen LogP contribution is 2.32. The first-order valence-electron chi connectivity index (χ1n) is 6.87. The van der Waals surface area contributed by atoms with Crippen LogP contribution in [0.2, 0.25) is 0 Å². The number of aryl methyl sites for hydroxylation is 2. The molecule has 0 unspecified atom stereocenters. The molecule has 98 valence electrons. The third-order valence-corrected chi connectivity index (χ3v) is 4.71. The second-order valence-electron chi connectivity index (χ2n) is 5.24. The van der Waals surface area contributed by atoms with Gasteiger partial charge in [-0.15, -0.1) is 0 Å². The molecule has 2 heteroatoms. The Kier molecular flexibility index (Phi) is 3.63. The summed E-state index contributed by atoms with van der Waals surface area (Å²) < 4.78 is 0. The van der Waals surface area contributed by atoms with Crippen LogP contribution in [0.25, 0.3) is 0 Å². The zero-order valence-electron chi connectivity index (χ0n) is 11.2. The molecule has 19 heavy (non-hydrogen) atoms. The van der Waals surface area contributed by atoms with Crippen LogP contribution in [-0.4, -0.2) is 0 Å². The van der Waals surface area contributed by atoms with Gasteiger partial charge in [-0.3, -0.25) is 0 Å². The van der Waals surface area contributed by atoms with Crippen molar-refractivity contribution in [2.24, 2.45) is 5.73 Å². The minimum absolute atomic E-state index is 0.110. The Balaban J connectivity index is 1.77. The Morgan fingerprint density at radius 3 is 2.37 bits per heavy atom. The topological polar surface area (TPSA) is 26.0 Å². The van der Waals surface area contributed by atoms with Crippen LogP contribution in [0.3, 0.4) is 0 Å². The van der Waals surface area contributed by atoms with Crippen molar-refractivity contribution in [2.75, 3.05) is 0 Å². The van der Waals surface area contributed by atoms with E-state index in [1.54, 1.807) is 0 Å². The summed E-state index contributed by atoms with van der Waals surface area (Å²) in [7, 11) is 0. The van der Waals surface area contributed by atoms with Gasteiger partial charge >= 0.3 is 0 Å². The summed E-state index contributed by atoms with van der Waals surface area (Å²) in [6.07, 6.45) is 3.81. The predicted molar refractivity (Wildman–Crippen MR) is 81.6 cm³/mol. The lowest BCUT2D eigenvalue weighted by molar-refractivity contribution is 0.817. The Morgan fingerprint density at radius 2 is 1.63 bits per heavy atom. The fourth-order valence-electron chi connectivity index (χ4n) is 2.59. The molecular formula is C17H19NS. The van der Waals surface area contributed by atoms with Crippen molar-refractivity contribution in [3.63, 3.8) is 0 Å². The molecule has 2 N–H and O–H groups in total. The fraction of sp³-hybridized carbons (Fsp3) is 0.294. The largest absolute Gasteiger partial charge is 0.324 e. The molecule has 0 bridgehead atoms. The predicted octanol–water partition coefficient (Wildman–Crippen LogP) is 4.35. The van der Waals surface area contributed by atoms with Crippen molar-refractivity contribution in [3.8, 4) is 0 Å². The molecule has 1 atom stereocenters. The average Bonchev–Trinajstić information content (AvgIpc) is 2.87. The van der Waals surface area contributed by atoms with Gasteiger partial charge in [0.15, 0.2) is 0 Å². The summed E-state index contributed by atoms with van der Waals surface area (Å²) in [5.41, 5.74) is 10.1. The maximum Gasteiger partial charge on any atom is 0.0266 e. The van der Waals surface area contributed by atoms with E-state index in [0.29, 0.717) is 0 Å². The monoisotopic (exact) mass is 269 g/mol. The second-order valence-corrected chi connectivity index (χ2v) is 6.39.